The molecule has 0 radical (unpaired) electrons. The summed E-state index contributed by atoms with van der Waals surface area (Å²) in [5, 5.41) is 9.39. The lowest BCUT2D eigenvalue weighted by Gasteiger charge is -2.22. The Morgan fingerprint density at radius 3 is 2.67 bits per heavy atom. The van der Waals surface area contributed by atoms with Gasteiger partial charge in [0, 0.05) is 18.0 Å². The van der Waals surface area contributed by atoms with Crippen LogP contribution in [0, 0.1) is 17.1 Å². The molecule has 2 aromatic rings. The van der Waals surface area contributed by atoms with E-state index in [-0.39, 0.29) is 5.82 Å². The second-order valence-electron chi connectivity index (χ2n) is 4.46. The normalized spacial score (nSPS) is 13.6. The van der Waals surface area contributed by atoms with Crippen LogP contribution in [0.4, 0.5) is 4.39 Å². The van der Waals surface area contributed by atoms with Gasteiger partial charge in [-0.3, -0.25) is 4.98 Å². The van der Waals surface area contributed by atoms with E-state index in [1.165, 1.54) is 6.07 Å². The summed E-state index contributed by atoms with van der Waals surface area (Å²) in [6, 6.07) is 12.3. The molecule has 0 saturated carbocycles. The Hall–Kier alpha value is -2.21. The fraction of sp³-hybridized carbons (Fsp3) is 0.200. The number of hydrogen-bond donors (Lipinski definition) is 0. The first-order valence-corrected chi connectivity index (χ1v) is 5.71. The summed E-state index contributed by atoms with van der Waals surface area (Å²) in [5.74, 6) is -0.342. The topological polar surface area (TPSA) is 36.7 Å². The molecule has 0 aliphatic carbocycles. The maximum atomic E-state index is 13.8. The van der Waals surface area contributed by atoms with Gasteiger partial charge in [0.25, 0.3) is 0 Å². The van der Waals surface area contributed by atoms with Crippen molar-refractivity contribution >= 4 is 0 Å². The van der Waals surface area contributed by atoms with Gasteiger partial charge < -0.3 is 0 Å². The second-order valence-corrected chi connectivity index (χ2v) is 4.46. The zero-order valence-corrected chi connectivity index (χ0v) is 10.1. The number of halogens is 1. The van der Waals surface area contributed by atoms with Crippen molar-refractivity contribution in [2.45, 2.75) is 18.8 Å². The maximum absolute atomic E-state index is 13.8. The van der Waals surface area contributed by atoms with Crippen LogP contribution in [-0.2, 0) is 11.8 Å². The number of nitrogens with zero attached hydrogens (tertiary/aromatic N) is 2. The van der Waals surface area contributed by atoms with Gasteiger partial charge in [0.15, 0.2) is 0 Å². The van der Waals surface area contributed by atoms with Crippen LogP contribution in [0.1, 0.15) is 18.1 Å². The van der Waals surface area contributed by atoms with Gasteiger partial charge in [-0.05, 0) is 31.0 Å². The van der Waals surface area contributed by atoms with Crippen LogP contribution in [0.25, 0.3) is 0 Å². The monoisotopic (exact) mass is 240 g/mol. The molecule has 0 N–H and O–H groups in total. The van der Waals surface area contributed by atoms with E-state index < -0.39 is 5.41 Å². The number of benzene rings is 1. The third-order valence-corrected chi connectivity index (χ3v) is 3.00. The standard InChI is InChI=1S/C15H13FN2/c1-15(11-17,9-12-5-4-8-18-10-12)13-6-2-3-7-14(13)16/h2-8,10H,9H2,1H3. The van der Waals surface area contributed by atoms with E-state index in [9.17, 15) is 9.65 Å². The summed E-state index contributed by atoms with van der Waals surface area (Å²) < 4.78 is 13.8. The third-order valence-electron chi connectivity index (χ3n) is 3.00. The molecule has 0 aliphatic heterocycles. The van der Waals surface area contributed by atoms with Crippen molar-refractivity contribution < 1.29 is 4.39 Å². The summed E-state index contributed by atoms with van der Waals surface area (Å²) in [7, 11) is 0. The number of hydrogen-bond acceptors (Lipinski definition) is 2. The van der Waals surface area contributed by atoms with Gasteiger partial charge in [0.2, 0.25) is 0 Å². The van der Waals surface area contributed by atoms with Gasteiger partial charge in [0.1, 0.15) is 5.82 Å². The van der Waals surface area contributed by atoms with Crippen LogP contribution >= 0.6 is 0 Å². The quantitative estimate of drug-likeness (QED) is 0.825. The molecule has 3 heteroatoms. The molecule has 1 aromatic heterocycles. The lowest BCUT2D eigenvalue weighted by Crippen LogP contribution is -2.24. The van der Waals surface area contributed by atoms with Gasteiger partial charge >= 0.3 is 0 Å². The lowest BCUT2D eigenvalue weighted by molar-refractivity contribution is 0.534. The SMILES string of the molecule is CC(C#N)(Cc1cccnc1)c1ccccc1F. The van der Waals surface area contributed by atoms with E-state index in [4.69, 9.17) is 0 Å². The smallest absolute Gasteiger partial charge is 0.128 e. The first-order valence-electron chi connectivity index (χ1n) is 5.71. The van der Waals surface area contributed by atoms with Crippen LogP contribution in [0.15, 0.2) is 48.8 Å². The van der Waals surface area contributed by atoms with Gasteiger partial charge in [-0.2, -0.15) is 5.26 Å². The van der Waals surface area contributed by atoms with Crippen LogP contribution in [-0.4, -0.2) is 4.98 Å². The molecule has 1 unspecified atom stereocenters. The van der Waals surface area contributed by atoms with E-state index in [1.54, 1.807) is 37.5 Å². The highest BCUT2D eigenvalue weighted by atomic mass is 19.1. The maximum Gasteiger partial charge on any atom is 0.128 e. The Kier molecular flexibility index (Phi) is 3.38. The van der Waals surface area contributed by atoms with Crippen LogP contribution in [0.5, 0.6) is 0 Å². The molecule has 0 saturated heterocycles. The number of rotatable bonds is 3. The van der Waals surface area contributed by atoms with Crippen LogP contribution in [0.2, 0.25) is 0 Å². The minimum Gasteiger partial charge on any atom is -0.264 e. The third kappa shape index (κ3) is 2.38. The van der Waals surface area contributed by atoms with Crippen LogP contribution in [0.3, 0.4) is 0 Å². The first kappa shape index (κ1) is 12.3. The predicted molar refractivity (Wildman–Crippen MR) is 67.3 cm³/mol. The minimum absolute atomic E-state index is 0.342. The molecule has 0 aliphatic rings. The van der Waals surface area contributed by atoms with Gasteiger partial charge in [0.05, 0.1) is 11.5 Å². The fourth-order valence-corrected chi connectivity index (χ4v) is 2.01. The molecule has 1 atom stereocenters. The first-order chi connectivity index (χ1) is 8.65. The minimum atomic E-state index is -0.881. The number of nitriles is 1. The Balaban J connectivity index is 2.38. The van der Waals surface area contributed by atoms with Crippen molar-refractivity contribution in [3.05, 3.63) is 65.7 Å². The molecular weight excluding hydrogens is 227 g/mol. The molecule has 0 bridgehead atoms. The van der Waals surface area contributed by atoms with E-state index in [0.29, 0.717) is 12.0 Å². The Labute approximate surface area is 106 Å². The summed E-state index contributed by atoms with van der Waals surface area (Å²) in [6.07, 6.45) is 3.82. The molecule has 0 amide bonds. The fourth-order valence-electron chi connectivity index (χ4n) is 2.01. The molecule has 2 nitrogen and oxygen atoms in total. The Bertz CT molecular complexity index is 575. The molecule has 2 rings (SSSR count). The summed E-state index contributed by atoms with van der Waals surface area (Å²) in [6.45, 7) is 1.75. The highest BCUT2D eigenvalue weighted by molar-refractivity contribution is 5.35. The Morgan fingerprint density at radius 1 is 1.28 bits per heavy atom. The van der Waals surface area contributed by atoms with E-state index in [1.807, 2.05) is 12.1 Å². The van der Waals surface area contributed by atoms with Crippen molar-refractivity contribution in [1.82, 2.24) is 4.98 Å². The summed E-state index contributed by atoms with van der Waals surface area (Å²) in [5.41, 5.74) is 0.468. The average molecular weight is 240 g/mol. The van der Waals surface area contributed by atoms with E-state index in [2.05, 4.69) is 11.1 Å². The molecule has 1 heterocycles. The van der Waals surface area contributed by atoms with Crippen molar-refractivity contribution in [1.29, 1.82) is 5.26 Å². The average Bonchev–Trinajstić information content (AvgIpc) is 2.40. The summed E-state index contributed by atoms with van der Waals surface area (Å²) >= 11 is 0. The van der Waals surface area contributed by atoms with Gasteiger partial charge in [-0.1, -0.05) is 24.3 Å². The van der Waals surface area contributed by atoms with E-state index >= 15 is 0 Å². The molecule has 0 spiro atoms. The molecule has 1 aromatic carbocycles. The van der Waals surface area contributed by atoms with Crippen molar-refractivity contribution in [3.63, 3.8) is 0 Å². The molecule has 0 fully saturated rings. The van der Waals surface area contributed by atoms with E-state index in [0.717, 1.165) is 5.56 Å². The largest absolute Gasteiger partial charge is 0.264 e. The van der Waals surface area contributed by atoms with Crippen LogP contribution < -0.4 is 0 Å². The highest BCUT2D eigenvalue weighted by Gasteiger charge is 2.29. The zero-order chi connectivity index (χ0) is 13.0. The number of pyridine rings is 1. The van der Waals surface area contributed by atoms with Crippen molar-refractivity contribution in [2.75, 3.05) is 0 Å². The Morgan fingerprint density at radius 2 is 2.06 bits per heavy atom. The van der Waals surface area contributed by atoms with Crippen molar-refractivity contribution in [2.24, 2.45) is 0 Å². The zero-order valence-electron chi connectivity index (χ0n) is 10.1. The van der Waals surface area contributed by atoms with Gasteiger partial charge in [-0.25, -0.2) is 4.39 Å². The van der Waals surface area contributed by atoms with Gasteiger partial charge in [-0.15, -0.1) is 0 Å². The van der Waals surface area contributed by atoms with Crippen molar-refractivity contribution in [3.8, 4) is 6.07 Å². The molecular formula is C15H13FN2. The number of aromatic nitrogens is 1. The molecule has 18 heavy (non-hydrogen) atoms. The molecule has 90 valence electrons. The summed E-state index contributed by atoms with van der Waals surface area (Å²) in [4.78, 5) is 4.02. The highest BCUT2D eigenvalue weighted by Crippen LogP contribution is 2.29. The second kappa shape index (κ2) is 4.97. The predicted octanol–water partition coefficient (Wildman–Crippen LogP) is 3.24. The lowest BCUT2D eigenvalue weighted by atomic mass is 9.78.